The molecule has 140 valence electrons. The molecule has 2 rings (SSSR count). The molecule has 1 fully saturated rings. The Kier molecular flexibility index (Phi) is 7.55. The number of rotatable bonds is 7. The van der Waals surface area contributed by atoms with Gasteiger partial charge in [0.2, 0.25) is 0 Å². The van der Waals surface area contributed by atoms with Gasteiger partial charge < -0.3 is 14.0 Å². The number of ether oxygens (including phenoxy) is 2. The Labute approximate surface area is 157 Å². The summed E-state index contributed by atoms with van der Waals surface area (Å²) in [6.45, 7) is 6.72. The van der Waals surface area contributed by atoms with Crippen molar-refractivity contribution >= 4 is 28.7 Å². The van der Waals surface area contributed by atoms with Crippen molar-refractivity contribution in [1.29, 1.82) is 0 Å². The van der Waals surface area contributed by atoms with Crippen LogP contribution in [0.15, 0.2) is 22.6 Å². The summed E-state index contributed by atoms with van der Waals surface area (Å²) in [5.41, 5.74) is 1.09. The van der Waals surface area contributed by atoms with Gasteiger partial charge in [-0.1, -0.05) is 4.40 Å². The molecule has 0 radical (unpaired) electrons. The van der Waals surface area contributed by atoms with Crippen LogP contribution in [0.2, 0.25) is 0 Å². The Morgan fingerprint density at radius 2 is 2.24 bits per heavy atom. The maximum Gasteiger partial charge on any atom is 0.144 e. The zero-order chi connectivity index (χ0) is 18.4. The van der Waals surface area contributed by atoms with Crippen molar-refractivity contribution in [2.24, 2.45) is 4.40 Å². The molecule has 1 aromatic carbocycles. The second-order valence-corrected chi connectivity index (χ2v) is 9.22. The number of nitrogens with zero attached hydrogens (tertiary/aromatic N) is 1. The zero-order valence-electron chi connectivity index (χ0n) is 14.9. The molecule has 1 aromatic rings. The van der Waals surface area contributed by atoms with E-state index in [4.69, 9.17) is 21.1 Å². The monoisotopic (exact) mass is 389 g/mol. The highest BCUT2D eigenvalue weighted by atomic mass is 35.5. The highest BCUT2D eigenvalue weighted by Gasteiger charge is 2.28. The second kappa shape index (κ2) is 9.21. The lowest BCUT2D eigenvalue weighted by Crippen LogP contribution is -2.27. The Hall–Kier alpha value is -0.820. The van der Waals surface area contributed by atoms with Crippen LogP contribution < -0.4 is 4.74 Å². The van der Waals surface area contributed by atoms with Crippen molar-refractivity contribution in [1.82, 2.24) is 0 Å². The van der Waals surface area contributed by atoms with Crippen LogP contribution in [0.4, 0.5) is 4.39 Å². The van der Waals surface area contributed by atoms with Crippen LogP contribution >= 0.6 is 11.6 Å². The van der Waals surface area contributed by atoms with E-state index in [-0.39, 0.29) is 11.9 Å². The van der Waals surface area contributed by atoms with Gasteiger partial charge in [-0.05, 0) is 51.8 Å². The smallest absolute Gasteiger partial charge is 0.144 e. The predicted octanol–water partition coefficient (Wildman–Crippen LogP) is 4.26. The normalized spacial score (nSPS) is 19.9. The number of halogens is 2. The van der Waals surface area contributed by atoms with Gasteiger partial charge in [-0.3, -0.25) is 0 Å². The molecular formula is C18H25ClFNO3S. The van der Waals surface area contributed by atoms with Gasteiger partial charge >= 0.3 is 0 Å². The van der Waals surface area contributed by atoms with Gasteiger partial charge in [0.05, 0.1) is 13.2 Å². The van der Waals surface area contributed by atoms with E-state index >= 15 is 0 Å². The number of alkyl halides is 1. The van der Waals surface area contributed by atoms with Gasteiger partial charge in [0.1, 0.15) is 39.5 Å². The molecule has 1 heterocycles. The largest absolute Gasteiger partial charge is 0.591 e. The van der Waals surface area contributed by atoms with E-state index in [0.29, 0.717) is 49.0 Å². The second-order valence-electron chi connectivity index (χ2n) is 6.94. The Balaban J connectivity index is 2.36. The third-order valence-electron chi connectivity index (χ3n) is 3.70. The zero-order valence-corrected chi connectivity index (χ0v) is 16.5. The highest BCUT2D eigenvalue weighted by molar-refractivity contribution is 7.91. The van der Waals surface area contributed by atoms with Crippen molar-refractivity contribution in [3.05, 3.63) is 29.6 Å². The summed E-state index contributed by atoms with van der Waals surface area (Å²) in [7, 11) is 0. The molecule has 0 aromatic heterocycles. The van der Waals surface area contributed by atoms with E-state index in [2.05, 4.69) is 4.40 Å². The van der Waals surface area contributed by atoms with E-state index in [0.717, 1.165) is 6.42 Å². The van der Waals surface area contributed by atoms with Crippen LogP contribution in [-0.2, 0) is 16.1 Å². The Morgan fingerprint density at radius 3 is 2.84 bits per heavy atom. The van der Waals surface area contributed by atoms with Crippen LogP contribution in [0, 0.1) is 5.82 Å². The number of hydrogen-bond donors (Lipinski definition) is 0. The maximum atomic E-state index is 13.9. The van der Waals surface area contributed by atoms with Gasteiger partial charge in [-0.2, -0.15) is 0 Å². The lowest BCUT2D eigenvalue weighted by atomic mass is 10.0. The first-order valence-corrected chi connectivity index (χ1v) is 10.0. The van der Waals surface area contributed by atoms with E-state index in [9.17, 15) is 8.94 Å². The number of benzene rings is 1. The van der Waals surface area contributed by atoms with Crippen LogP contribution in [-0.4, -0.2) is 40.2 Å². The van der Waals surface area contributed by atoms with E-state index in [1.165, 1.54) is 12.1 Å². The third-order valence-corrected chi connectivity index (χ3v) is 5.40. The summed E-state index contributed by atoms with van der Waals surface area (Å²) in [6.07, 6.45) is 1.89. The van der Waals surface area contributed by atoms with E-state index in [1.807, 2.05) is 20.8 Å². The van der Waals surface area contributed by atoms with Crippen molar-refractivity contribution in [3.8, 4) is 5.75 Å². The first kappa shape index (κ1) is 20.5. The third kappa shape index (κ3) is 6.13. The lowest BCUT2D eigenvalue weighted by molar-refractivity contribution is 0.141. The van der Waals surface area contributed by atoms with Crippen molar-refractivity contribution in [2.75, 3.05) is 19.1 Å². The molecule has 0 amide bonds. The Bertz CT molecular complexity index is 600. The fraction of sp³-hybridized carbons (Fsp3) is 0.611. The quantitative estimate of drug-likeness (QED) is 0.397. The topological polar surface area (TPSA) is 53.9 Å². The minimum Gasteiger partial charge on any atom is -0.591 e. The van der Waals surface area contributed by atoms with Gasteiger partial charge in [-0.25, -0.2) is 4.39 Å². The first-order valence-electron chi connectivity index (χ1n) is 8.41. The molecule has 1 aliphatic rings. The van der Waals surface area contributed by atoms with Crippen LogP contribution in [0.3, 0.4) is 0 Å². The molecule has 25 heavy (non-hydrogen) atoms. The minimum atomic E-state index is -1.45. The average Bonchev–Trinajstić information content (AvgIpc) is 3.05. The summed E-state index contributed by atoms with van der Waals surface area (Å²) in [5.74, 6) is 0.602. The van der Waals surface area contributed by atoms with Crippen molar-refractivity contribution in [2.45, 2.75) is 50.9 Å². The fourth-order valence-electron chi connectivity index (χ4n) is 2.32. The van der Waals surface area contributed by atoms with Gasteiger partial charge in [0.25, 0.3) is 0 Å². The molecule has 2 atom stereocenters. The minimum absolute atomic E-state index is 0.0633. The van der Waals surface area contributed by atoms with Crippen LogP contribution in [0.5, 0.6) is 5.75 Å². The molecular weight excluding hydrogens is 365 g/mol. The Morgan fingerprint density at radius 1 is 1.48 bits per heavy atom. The standard InChI is InChI=1S/C18H25ClFNO3S/c1-18(2,3)25(22)21-16(5-4-9-19)15-11-13(20)6-7-17(15)24-14-8-10-23-12-14/h6-7,11,14H,4-5,8-10,12H2,1-3H3/b21-16+/t14-,25?/m1/s1. The summed E-state index contributed by atoms with van der Waals surface area (Å²) in [6, 6.07) is 4.34. The molecule has 0 spiro atoms. The SMILES string of the molecule is CC(C)(C)[S+]([O-])/N=C(\CCCCl)c1cc(F)ccc1O[C@@H]1CCOC1. The number of hydrogen-bond acceptors (Lipinski definition) is 4. The molecule has 0 bridgehead atoms. The summed E-state index contributed by atoms with van der Waals surface area (Å²) < 4.78 is 41.6. The lowest BCUT2D eigenvalue weighted by Gasteiger charge is -2.21. The molecule has 1 saturated heterocycles. The van der Waals surface area contributed by atoms with Gasteiger partial charge in [0.15, 0.2) is 0 Å². The van der Waals surface area contributed by atoms with Crippen LogP contribution in [0.1, 0.15) is 45.6 Å². The molecule has 0 N–H and O–H groups in total. The first-order chi connectivity index (χ1) is 11.8. The summed E-state index contributed by atoms with van der Waals surface area (Å²) in [5, 5.41) is 0. The molecule has 1 unspecified atom stereocenters. The molecule has 7 heteroatoms. The van der Waals surface area contributed by atoms with E-state index in [1.54, 1.807) is 6.07 Å². The molecule has 1 aliphatic heterocycles. The fourth-order valence-corrected chi connectivity index (χ4v) is 3.11. The summed E-state index contributed by atoms with van der Waals surface area (Å²) >= 11 is 4.37. The predicted molar refractivity (Wildman–Crippen MR) is 101 cm³/mol. The average molecular weight is 390 g/mol. The van der Waals surface area contributed by atoms with Crippen molar-refractivity contribution < 1.29 is 18.4 Å². The van der Waals surface area contributed by atoms with E-state index < -0.39 is 16.1 Å². The molecule has 0 aliphatic carbocycles. The van der Waals surface area contributed by atoms with Crippen molar-refractivity contribution in [3.63, 3.8) is 0 Å². The van der Waals surface area contributed by atoms with Crippen LogP contribution in [0.25, 0.3) is 0 Å². The highest BCUT2D eigenvalue weighted by Crippen LogP contribution is 2.27. The molecule has 4 nitrogen and oxygen atoms in total. The summed E-state index contributed by atoms with van der Waals surface area (Å²) in [4.78, 5) is 0. The maximum absolute atomic E-state index is 13.9. The molecule has 0 saturated carbocycles. The van der Waals surface area contributed by atoms with Gasteiger partial charge in [-0.15, -0.1) is 11.6 Å². The van der Waals surface area contributed by atoms with Gasteiger partial charge in [0, 0.05) is 17.9 Å².